The molecule has 9 heteroatoms. The predicted molar refractivity (Wildman–Crippen MR) is 136 cm³/mol. The van der Waals surface area contributed by atoms with Gasteiger partial charge < -0.3 is 20.0 Å². The van der Waals surface area contributed by atoms with E-state index in [1.54, 1.807) is 28.9 Å². The van der Waals surface area contributed by atoms with Crippen LogP contribution in [0.2, 0.25) is 0 Å². The first kappa shape index (κ1) is 24.5. The Kier molecular flexibility index (Phi) is 7.53. The molecule has 2 aliphatic heterocycles. The van der Waals surface area contributed by atoms with Crippen LogP contribution in [-0.4, -0.2) is 71.8 Å². The first-order chi connectivity index (χ1) is 16.8. The first-order valence-electron chi connectivity index (χ1n) is 12.2. The zero-order chi connectivity index (χ0) is 24.9. The summed E-state index contributed by atoms with van der Waals surface area (Å²) < 4.78 is 0. The van der Waals surface area contributed by atoms with Crippen LogP contribution >= 0.6 is 0 Å². The van der Waals surface area contributed by atoms with Crippen LogP contribution in [0.5, 0.6) is 0 Å². The Hall–Kier alpha value is -3.62. The molecule has 2 aromatic rings. The molecular formula is C26H33N5O4. The van der Waals surface area contributed by atoms with E-state index in [9.17, 15) is 19.7 Å². The van der Waals surface area contributed by atoms with Crippen LogP contribution < -0.4 is 10.2 Å². The largest absolute Gasteiger partial charge is 0.382 e. The quantitative estimate of drug-likeness (QED) is 0.388. The number of piperidine rings is 1. The molecule has 2 fully saturated rings. The van der Waals surface area contributed by atoms with E-state index in [2.05, 4.69) is 41.4 Å². The van der Waals surface area contributed by atoms with Crippen molar-refractivity contribution in [2.75, 3.05) is 49.5 Å². The lowest BCUT2D eigenvalue weighted by molar-refractivity contribution is -0.385. The van der Waals surface area contributed by atoms with E-state index < -0.39 is 0 Å². The molecule has 2 aliphatic rings. The molecule has 2 saturated heterocycles. The molecule has 0 radical (unpaired) electrons. The van der Waals surface area contributed by atoms with E-state index in [1.165, 1.54) is 17.3 Å². The maximum Gasteiger partial charge on any atom is 0.272 e. The average Bonchev–Trinajstić information content (AvgIpc) is 2.85. The molecule has 1 N–H and O–H groups in total. The topological polar surface area (TPSA) is 99.0 Å². The zero-order valence-corrected chi connectivity index (χ0v) is 20.4. The second kappa shape index (κ2) is 10.8. The van der Waals surface area contributed by atoms with Gasteiger partial charge in [-0.05, 0) is 51.0 Å². The van der Waals surface area contributed by atoms with Crippen LogP contribution in [0.3, 0.4) is 0 Å². The summed E-state index contributed by atoms with van der Waals surface area (Å²) in [5, 5.41) is 14.4. The van der Waals surface area contributed by atoms with E-state index in [4.69, 9.17) is 0 Å². The number of anilines is 2. The summed E-state index contributed by atoms with van der Waals surface area (Å²) in [7, 11) is 0. The standard InChI is InChI=1S/C26H33N5O4/c1-19-3-6-23(7-4-19)28-13-15-30(16-14-28)26(33)18-25(32)29-11-9-21(10-12-29)27-22-5-8-24(31(34)35)20(2)17-22/h3-8,17,21,27H,9-16,18H2,1-2H3. The fourth-order valence-corrected chi connectivity index (χ4v) is 4.78. The number of piperazine rings is 1. The van der Waals surface area contributed by atoms with Crippen molar-refractivity contribution in [3.05, 3.63) is 63.7 Å². The molecule has 35 heavy (non-hydrogen) atoms. The Balaban J connectivity index is 1.20. The summed E-state index contributed by atoms with van der Waals surface area (Å²) >= 11 is 0. The van der Waals surface area contributed by atoms with Crippen molar-refractivity contribution in [2.24, 2.45) is 0 Å². The summed E-state index contributed by atoms with van der Waals surface area (Å²) in [6.07, 6.45) is 1.46. The molecule has 2 aromatic carbocycles. The van der Waals surface area contributed by atoms with E-state index in [1.807, 2.05) is 0 Å². The molecule has 2 amide bonds. The van der Waals surface area contributed by atoms with Crippen molar-refractivity contribution in [1.29, 1.82) is 0 Å². The summed E-state index contributed by atoms with van der Waals surface area (Å²) in [4.78, 5) is 42.0. The third-order valence-electron chi connectivity index (χ3n) is 6.95. The van der Waals surface area contributed by atoms with Crippen molar-refractivity contribution in [3.63, 3.8) is 0 Å². The van der Waals surface area contributed by atoms with E-state index in [-0.39, 0.29) is 34.9 Å². The summed E-state index contributed by atoms with van der Waals surface area (Å²) in [6, 6.07) is 13.6. The Morgan fingerprint density at radius 1 is 0.914 bits per heavy atom. The number of benzene rings is 2. The second-order valence-electron chi connectivity index (χ2n) is 9.44. The SMILES string of the molecule is Cc1ccc(N2CCN(C(=O)CC(=O)N3CCC(Nc4ccc([N+](=O)[O-])c(C)c4)CC3)CC2)cc1. The van der Waals surface area contributed by atoms with E-state index in [0.29, 0.717) is 31.7 Å². The number of hydrogen-bond donors (Lipinski definition) is 1. The van der Waals surface area contributed by atoms with Gasteiger partial charge >= 0.3 is 0 Å². The number of hydrogen-bond acceptors (Lipinski definition) is 6. The predicted octanol–water partition coefficient (Wildman–Crippen LogP) is 3.35. The molecule has 4 rings (SSSR count). The molecule has 2 heterocycles. The maximum atomic E-state index is 12.8. The molecule has 0 aliphatic carbocycles. The number of rotatable bonds is 6. The first-order valence-corrected chi connectivity index (χ1v) is 12.2. The highest BCUT2D eigenvalue weighted by molar-refractivity contribution is 5.97. The minimum Gasteiger partial charge on any atom is -0.382 e. The number of amides is 2. The number of nitro benzene ring substituents is 1. The smallest absolute Gasteiger partial charge is 0.272 e. The van der Waals surface area contributed by atoms with Gasteiger partial charge in [-0.1, -0.05) is 17.7 Å². The van der Waals surface area contributed by atoms with Crippen LogP contribution in [0.25, 0.3) is 0 Å². The number of likely N-dealkylation sites (tertiary alicyclic amines) is 1. The number of nitro groups is 1. The van der Waals surface area contributed by atoms with Crippen molar-refractivity contribution in [3.8, 4) is 0 Å². The Morgan fingerprint density at radius 2 is 1.51 bits per heavy atom. The van der Waals surface area contributed by atoms with Crippen molar-refractivity contribution in [2.45, 2.75) is 39.2 Å². The number of carbonyl (C=O) groups excluding carboxylic acids is 2. The Bertz CT molecular complexity index is 1070. The van der Waals surface area contributed by atoms with Crippen LogP contribution in [0.15, 0.2) is 42.5 Å². The van der Waals surface area contributed by atoms with Gasteiger partial charge in [0.15, 0.2) is 0 Å². The fraction of sp³-hybridized carbons (Fsp3) is 0.462. The van der Waals surface area contributed by atoms with Gasteiger partial charge in [-0.3, -0.25) is 19.7 Å². The maximum absolute atomic E-state index is 12.8. The monoisotopic (exact) mass is 479 g/mol. The lowest BCUT2D eigenvalue weighted by Gasteiger charge is -2.37. The average molecular weight is 480 g/mol. The number of aryl methyl sites for hydroxylation is 2. The highest BCUT2D eigenvalue weighted by atomic mass is 16.6. The summed E-state index contributed by atoms with van der Waals surface area (Å²) in [6.45, 7) is 7.76. The summed E-state index contributed by atoms with van der Waals surface area (Å²) in [5.41, 5.74) is 3.96. The lowest BCUT2D eigenvalue weighted by Crippen LogP contribution is -2.50. The van der Waals surface area contributed by atoms with Gasteiger partial charge in [-0.25, -0.2) is 0 Å². The lowest BCUT2D eigenvalue weighted by atomic mass is 10.0. The Labute approximate surface area is 205 Å². The second-order valence-corrected chi connectivity index (χ2v) is 9.44. The molecule has 0 unspecified atom stereocenters. The Morgan fingerprint density at radius 3 is 2.09 bits per heavy atom. The van der Waals surface area contributed by atoms with Gasteiger partial charge in [-0.15, -0.1) is 0 Å². The van der Waals surface area contributed by atoms with Gasteiger partial charge in [0.25, 0.3) is 5.69 Å². The zero-order valence-electron chi connectivity index (χ0n) is 20.4. The molecule has 0 saturated carbocycles. The number of nitrogens with one attached hydrogen (secondary N) is 1. The molecule has 0 atom stereocenters. The third-order valence-corrected chi connectivity index (χ3v) is 6.95. The van der Waals surface area contributed by atoms with Crippen molar-refractivity contribution < 1.29 is 14.5 Å². The van der Waals surface area contributed by atoms with Crippen LogP contribution in [-0.2, 0) is 9.59 Å². The van der Waals surface area contributed by atoms with Gasteiger partial charge in [0.1, 0.15) is 6.42 Å². The van der Waals surface area contributed by atoms with Crippen LogP contribution in [0.4, 0.5) is 17.1 Å². The van der Waals surface area contributed by atoms with E-state index >= 15 is 0 Å². The minimum absolute atomic E-state index is 0.0792. The van der Waals surface area contributed by atoms with Gasteiger partial charge in [0.05, 0.1) is 4.92 Å². The molecule has 186 valence electrons. The van der Waals surface area contributed by atoms with E-state index in [0.717, 1.165) is 31.6 Å². The highest BCUT2D eigenvalue weighted by Gasteiger charge is 2.27. The molecule has 9 nitrogen and oxygen atoms in total. The van der Waals surface area contributed by atoms with Gasteiger partial charge in [0.2, 0.25) is 11.8 Å². The van der Waals surface area contributed by atoms with Crippen LogP contribution in [0, 0.1) is 24.0 Å². The molecule has 0 spiro atoms. The van der Waals surface area contributed by atoms with Crippen molar-refractivity contribution >= 4 is 28.9 Å². The molecule has 0 aromatic heterocycles. The van der Waals surface area contributed by atoms with Crippen LogP contribution in [0.1, 0.15) is 30.4 Å². The fourth-order valence-electron chi connectivity index (χ4n) is 4.78. The minimum atomic E-state index is -0.381. The van der Waals surface area contributed by atoms with Gasteiger partial charge in [-0.2, -0.15) is 0 Å². The summed E-state index contributed by atoms with van der Waals surface area (Å²) in [5.74, 6) is -0.208. The van der Waals surface area contributed by atoms with Crippen molar-refractivity contribution in [1.82, 2.24) is 9.80 Å². The number of carbonyl (C=O) groups is 2. The molecule has 0 bridgehead atoms. The highest BCUT2D eigenvalue weighted by Crippen LogP contribution is 2.24. The number of nitrogens with zero attached hydrogens (tertiary/aromatic N) is 4. The molecular weight excluding hydrogens is 446 g/mol. The normalized spacial score (nSPS) is 16.8. The van der Waals surface area contributed by atoms with Gasteiger partial charge in [0, 0.05) is 68.3 Å². The third kappa shape index (κ3) is 6.09.